The summed E-state index contributed by atoms with van der Waals surface area (Å²) in [6.45, 7) is 0. The van der Waals surface area contributed by atoms with E-state index in [1.807, 2.05) is 18.2 Å². The van der Waals surface area contributed by atoms with E-state index in [-0.39, 0.29) is 5.95 Å². The molecule has 0 radical (unpaired) electrons. The van der Waals surface area contributed by atoms with Crippen LogP contribution < -0.4 is 15.2 Å². The lowest BCUT2D eigenvalue weighted by molar-refractivity contribution is 0.397. The fraction of sp³-hybridized carbons (Fsp3) is 0.200. The normalized spacial score (nSPS) is 10.1. The maximum absolute atomic E-state index is 5.51. The summed E-state index contributed by atoms with van der Waals surface area (Å²) in [5.74, 6) is 1.64. The summed E-state index contributed by atoms with van der Waals surface area (Å²) in [4.78, 5) is 4.12. The highest BCUT2D eigenvalue weighted by Gasteiger charge is 2.15. The summed E-state index contributed by atoms with van der Waals surface area (Å²) >= 11 is 1.22. The Morgan fingerprint density at radius 3 is 2.25 bits per heavy atom. The number of anilines is 1. The number of ether oxygens (including phenoxy) is 2. The van der Waals surface area contributed by atoms with E-state index in [0.717, 1.165) is 5.56 Å². The Morgan fingerprint density at radius 1 is 1.19 bits per heavy atom. The molecule has 2 aromatic rings. The second kappa shape index (κ2) is 4.36. The predicted molar refractivity (Wildman–Crippen MR) is 62.9 cm³/mol. The van der Waals surface area contributed by atoms with Crippen molar-refractivity contribution in [2.24, 2.45) is 0 Å². The van der Waals surface area contributed by atoms with E-state index in [1.165, 1.54) is 11.5 Å². The molecule has 2 N–H and O–H groups in total. The van der Waals surface area contributed by atoms with Gasteiger partial charge < -0.3 is 15.2 Å². The first-order valence-corrected chi connectivity index (χ1v) is 5.34. The van der Waals surface area contributed by atoms with Gasteiger partial charge in [0.1, 0.15) is 11.5 Å². The molecule has 0 aliphatic heterocycles. The van der Waals surface area contributed by atoms with Crippen LogP contribution in [0.1, 0.15) is 0 Å². The van der Waals surface area contributed by atoms with Crippen molar-refractivity contribution in [3.63, 3.8) is 0 Å². The minimum Gasteiger partial charge on any atom is -0.496 e. The first kappa shape index (κ1) is 10.7. The molecular formula is C10H11N3O2S. The number of nitrogen functional groups attached to an aromatic ring is 1. The van der Waals surface area contributed by atoms with Crippen LogP contribution in [0.2, 0.25) is 0 Å². The van der Waals surface area contributed by atoms with Crippen LogP contribution in [0.25, 0.3) is 10.6 Å². The molecule has 0 saturated heterocycles. The third kappa shape index (κ3) is 1.79. The highest BCUT2D eigenvalue weighted by molar-refractivity contribution is 7.09. The van der Waals surface area contributed by atoms with Crippen molar-refractivity contribution in [2.75, 3.05) is 20.0 Å². The topological polar surface area (TPSA) is 70.3 Å². The largest absolute Gasteiger partial charge is 0.496 e. The minimum absolute atomic E-state index is 0.257. The fourth-order valence-electron chi connectivity index (χ4n) is 1.40. The fourth-order valence-corrected chi connectivity index (χ4v) is 2.05. The molecule has 2 rings (SSSR count). The zero-order valence-corrected chi connectivity index (χ0v) is 9.75. The van der Waals surface area contributed by atoms with Crippen molar-refractivity contribution in [1.29, 1.82) is 0 Å². The molecule has 0 aliphatic carbocycles. The van der Waals surface area contributed by atoms with Crippen LogP contribution in [-0.4, -0.2) is 23.6 Å². The van der Waals surface area contributed by atoms with E-state index in [0.29, 0.717) is 16.5 Å². The number of nitrogens with zero attached hydrogens (tertiary/aromatic N) is 2. The lowest BCUT2D eigenvalue weighted by Crippen LogP contribution is -1.93. The monoisotopic (exact) mass is 237 g/mol. The van der Waals surface area contributed by atoms with E-state index in [2.05, 4.69) is 9.36 Å². The summed E-state index contributed by atoms with van der Waals surface area (Å²) in [6, 6.07) is 5.54. The summed E-state index contributed by atoms with van der Waals surface area (Å²) < 4.78 is 14.5. The van der Waals surface area contributed by atoms with Gasteiger partial charge in [-0.2, -0.15) is 9.36 Å². The van der Waals surface area contributed by atoms with Crippen molar-refractivity contribution in [2.45, 2.75) is 0 Å². The van der Waals surface area contributed by atoms with Gasteiger partial charge in [-0.05, 0) is 23.7 Å². The molecule has 1 heterocycles. The Labute approximate surface area is 97.0 Å². The van der Waals surface area contributed by atoms with Crippen LogP contribution in [0.3, 0.4) is 0 Å². The van der Waals surface area contributed by atoms with Gasteiger partial charge in [0.25, 0.3) is 0 Å². The van der Waals surface area contributed by atoms with Crippen LogP contribution in [0.15, 0.2) is 18.2 Å². The molecule has 0 spiro atoms. The molecule has 5 nitrogen and oxygen atoms in total. The quantitative estimate of drug-likeness (QED) is 0.881. The summed E-state index contributed by atoms with van der Waals surface area (Å²) in [5, 5.41) is 0.687. The lowest BCUT2D eigenvalue weighted by atomic mass is 10.2. The number of benzene rings is 1. The molecule has 84 valence electrons. The van der Waals surface area contributed by atoms with E-state index in [9.17, 15) is 0 Å². The van der Waals surface area contributed by atoms with E-state index in [1.54, 1.807) is 14.2 Å². The summed E-state index contributed by atoms with van der Waals surface area (Å²) in [6.07, 6.45) is 0. The van der Waals surface area contributed by atoms with Gasteiger partial charge in [0, 0.05) is 0 Å². The maximum atomic E-state index is 5.51. The molecular weight excluding hydrogens is 226 g/mol. The second-order valence-corrected chi connectivity index (χ2v) is 3.75. The average molecular weight is 237 g/mol. The minimum atomic E-state index is 0.257. The standard InChI is InChI=1S/C10H11N3O2S/c1-14-6-4-3-5-7(15-2)8(6)9-12-10(11)13-16-9/h3-5H,1-2H3,(H2,11,13). The van der Waals surface area contributed by atoms with Gasteiger partial charge in [-0.1, -0.05) is 6.07 Å². The highest BCUT2D eigenvalue weighted by Crippen LogP contribution is 2.38. The molecule has 0 aliphatic rings. The van der Waals surface area contributed by atoms with Crippen LogP contribution in [0.5, 0.6) is 11.5 Å². The van der Waals surface area contributed by atoms with E-state index >= 15 is 0 Å². The summed E-state index contributed by atoms with van der Waals surface area (Å²) in [7, 11) is 3.20. The molecule has 1 aromatic carbocycles. The van der Waals surface area contributed by atoms with E-state index < -0.39 is 0 Å². The average Bonchev–Trinajstić information content (AvgIpc) is 2.74. The zero-order chi connectivity index (χ0) is 11.5. The molecule has 6 heteroatoms. The van der Waals surface area contributed by atoms with Crippen molar-refractivity contribution in [3.05, 3.63) is 18.2 Å². The second-order valence-electron chi connectivity index (χ2n) is 3.00. The van der Waals surface area contributed by atoms with Gasteiger partial charge >= 0.3 is 0 Å². The number of methoxy groups -OCH3 is 2. The SMILES string of the molecule is COc1cccc(OC)c1-c1nc(N)ns1. The van der Waals surface area contributed by atoms with Crippen LogP contribution in [0, 0.1) is 0 Å². The van der Waals surface area contributed by atoms with E-state index in [4.69, 9.17) is 15.2 Å². The van der Waals surface area contributed by atoms with Gasteiger partial charge in [0.2, 0.25) is 5.95 Å². The van der Waals surface area contributed by atoms with Gasteiger partial charge in [-0.3, -0.25) is 0 Å². The van der Waals surface area contributed by atoms with Crippen molar-refractivity contribution in [1.82, 2.24) is 9.36 Å². The molecule has 0 bridgehead atoms. The Balaban J connectivity index is 2.60. The molecule has 1 aromatic heterocycles. The van der Waals surface area contributed by atoms with Crippen LogP contribution >= 0.6 is 11.5 Å². The number of hydrogen-bond donors (Lipinski definition) is 1. The van der Waals surface area contributed by atoms with Gasteiger partial charge in [0.05, 0.1) is 19.8 Å². The zero-order valence-electron chi connectivity index (χ0n) is 8.93. The molecule has 0 amide bonds. The molecule has 0 saturated carbocycles. The van der Waals surface area contributed by atoms with Crippen LogP contribution in [-0.2, 0) is 0 Å². The van der Waals surface area contributed by atoms with Crippen molar-refractivity contribution < 1.29 is 9.47 Å². The third-order valence-electron chi connectivity index (χ3n) is 2.08. The maximum Gasteiger partial charge on any atom is 0.232 e. The molecule has 0 fully saturated rings. The first-order valence-electron chi connectivity index (χ1n) is 4.56. The first-order chi connectivity index (χ1) is 7.76. The summed E-state index contributed by atoms with van der Waals surface area (Å²) in [5.41, 5.74) is 6.28. The van der Waals surface area contributed by atoms with Crippen LogP contribution in [0.4, 0.5) is 5.95 Å². The molecule has 16 heavy (non-hydrogen) atoms. The number of nitrogens with two attached hydrogens (primary N) is 1. The van der Waals surface area contributed by atoms with Crippen molar-refractivity contribution >= 4 is 17.5 Å². The predicted octanol–water partition coefficient (Wildman–Crippen LogP) is 1.80. The van der Waals surface area contributed by atoms with Gasteiger partial charge in [-0.15, -0.1) is 0 Å². The third-order valence-corrected chi connectivity index (χ3v) is 2.83. The molecule has 0 atom stereocenters. The van der Waals surface area contributed by atoms with Gasteiger partial charge in [0.15, 0.2) is 5.01 Å². The Hall–Kier alpha value is -1.82. The number of aromatic nitrogens is 2. The van der Waals surface area contributed by atoms with Crippen molar-refractivity contribution in [3.8, 4) is 22.1 Å². The number of hydrogen-bond acceptors (Lipinski definition) is 6. The Bertz CT molecular complexity index is 476. The molecule has 0 unspecified atom stereocenters. The highest BCUT2D eigenvalue weighted by atomic mass is 32.1. The number of rotatable bonds is 3. The Morgan fingerprint density at radius 2 is 1.81 bits per heavy atom. The smallest absolute Gasteiger partial charge is 0.232 e. The van der Waals surface area contributed by atoms with Gasteiger partial charge in [-0.25, -0.2) is 0 Å². The Kier molecular flexibility index (Phi) is 2.91. The lowest BCUT2D eigenvalue weighted by Gasteiger charge is -2.09.